The summed E-state index contributed by atoms with van der Waals surface area (Å²) in [5.74, 6) is -3.08. The van der Waals surface area contributed by atoms with Crippen molar-refractivity contribution in [2.45, 2.75) is 6.04 Å². The molecule has 0 radical (unpaired) electrons. The van der Waals surface area contributed by atoms with Crippen LogP contribution in [-0.4, -0.2) is 11.8 Å². The molecule has 4 nitrogen and oxygen atoms in total. The van der Waals surface area contributed by atoms with E-state index in [-0.39, 0.29) is 5.56 Å². The minimum absolute atomic E-state index is 0.343. The summed E-state index contributed by atoms with van der Waals surface area (Å²) in [6.07, 6.45) is 0. The lowest BCUT2D eigenvalue weighted by atomic mass is 10.0. The Balaban J connectivity index is 1.86. The highest BCUT2D eigenvalue weighted by atomic mass is 19.1. The second-order valence-electron chi connectivity index (χ2n) is 5.80. The number of carbonyl (C=O) groups excluding carboxylic acids is 2. The van der Waals surface area contributed by atoms with Crippen molar-refractivity contribution in [2.75, 3.05) is 5.32 Å². The Morgan fingerprint density at radius 1 is 0.815 bits per heavy atom. The first kappa shape index (κ1) is 18.3. The van der Waals surface area contributed by atoms with Crippen molar-refractivity contribution in [1.82, 2.24) is 5.32 Å². The number of carbonyl (C=O) groups is 2. The SMILES string of the molecule is O=C(N[C@H](C(=O)Nc1ccccc1)c1ccccc1)c1ccc(F)cc1F. The van der Waals surface area contributed by atoms with Crippen LogP contribution in [0.4, 0.5) is 14.5 Å². The molecule has 3 aromatic rings. The third-order valence-electron chi connectivity index (χ3n) is 3.89. The first-order valence-corrected chi connectivity index (χ1v) is 8.21. The molecule has 0 spiro atoms. The molecule has 3 rings (SSSR count). The Kier molecular flexibility index (Phi) is 5.56. The minimum atomic E-state index is -1.05. The van der Waals surface area contributed by atoms with Gasteiger partial charge in [0.05, 0.1) is 5.56 Å². The van der Waals surface area contributed by atoms with Gasteiger partial charge in [0.25, 0.3) is 11.8 Å². The maximum atomic E-state index is 13.9. The second-order valence-corrected chi connectivity index (χ2v) is 5.80. The highest BCUT2D eigenvalue weighted by Gasteiger charge is 2.24. The van der Waals surface area contributed by atoms with Crippen molar-refractivity contribution >= 4 is 17.5 Å². The summed E-state index contributed by atoms with van der Waals surface area (Å²) in [5.41, 5.74) is 0.747. The molecule has 0 aliphatic rings. The van der Waals surface area contributed by atoms with E-state index in [0.29, 0.717) is 17.3 Å². The first-order chi connectivity index (χ1) is 13.0. The fourth-order valence-corrected chi connectivity index (χ4v) is 2.56. The standard InChI is InChI=1S/C21H16F2N2O2/c22-15-11-12-17(18(23)13-15)20(26)25-19(14-7-3-1-4-8-14)21(27)24-16-9-5-2-6-10-16/h1-13,19H,(H,24,27)(H,25,26)/t19-/m0/s1. The van der Waals surface area contributed by atoms with E-state index < -0.39 is 29.5 Å². The lowest BCUT2D eigenvalue weighted by molar-refractivity contribution is -0.118. The van der Waals surface area contributed by atoms with Gasteiger partial charge in [0.15, 0.2) is 0 Å². The summed E-state index contributed by atoms with van der Waals surface area (Å²) in [6, 6.07) is 18.9. The topological polar surface area (TPSA) is 58.2 Å². The van der Waals surface area contributed by atoms with Gasteiger partial charge in [0.2, 0.25) is 0 Å². The molecule has 0 aromatic heterocycles. The highest BCUT2D eigenvalue weighted by molar-refractivity contribution is 6.01. The summed E-state index contributed by atoms with van der Waals surface area (Å²) in [7, 11) is 0. The summed E-state index contributed by atoms with van der Waals surface area (Å²) >= 11 is 0. The predicted octanol–water partition coefficient (Wildman–Crippen LogP) is 4.07. The lowest BCUT2D eigenvalue weighted by Crippen LogP contribution is -2.37. The number of anilines is 1. The minimum Gasteiger partial charge on any atom is -0.336 e. The number of hydrogen-bond acceptors (Lipinski definition) is 2. The van der Waals surface area contributed by atoms with Crippen LogP contribution >= 0.6 is 0 Å². The van der Waals surface area contributed by atoms with Gasteiger partial charge in [-0.05, 0) is 29.8 Å². The molecule has 0 saturated heterocycles. The van der Waals surface area contributed by atoms with E-state index in [1.807, 2.05) is 6.07 Å². The van der Waals surface area contributed by atoms with E-state index in [2.05, 4.69) is 10.6 Å². The van der Waals surface area contributed by atoms with Crippen LogP contribution in [0.5, 0.6) is 0 Å². The molecule has 3 aromatic carbocycles. The molecule has 0 saturated carbocycles. The molecule has 0 aliphatic carbocycles. The number of rotatable bonds is 5. The van der Waals surface area contributed by atoms with Gasteiger partial charge < -0.3 is 10.6 Å². The third-order valence-corrected chi connectivity index (χ3v) is 3.89. The predicted molar refractivity (Wildman–Crippen MR) is 98.1 cm³/mol. The fourth-order valence-electron chi connectivity index (χ4n) is 2.56. The molecule has 0 unspecified atom stereocenters. The first-order valence-electron chi connectivity index (χ1n) is 8.21. The zero-order valence-corrected chi connectivity index (χ0v) is 14.2. The van der Waals surface area contributed by atoms with Crippen LogP contribution < -0.4 is 10.6 Å². The Hall–Kier alpha value is -3.54. The molecule has 27 heavy (non-hydrogen) atoms. The Morgan fingerprint density at radius 3 is 2.07 bits per heavy atom. The van der Waals surface area contributed by atoms with Crippen molar-refractivity contribution in [3.8, 4) is 0 Å². The van der Waals surface area contributed by atoms with Gasteiger partial charge in [-0.2, -0.15) is 0 Å². The molecular formula is C21H16F2N2O2. The average molecular weight is 366 g/mol. The summed E-state index contributed by atoms with van der Waals surface area (Å²) in [6.45, 7) is 0. The van der Waals surface area contributed by atoms with E-state index in [4.69, 9.17) is 0 Å². The van der Waals surface area contributed by atoms with Gasteiger partial charge in [0, 0.05) is 11.8 Å². The quantitative estimate of drug-likeness (QED) is 0.715. The third kappa shape index (κ3) is 4.55. The molecule has 6 heteroatoms. The van der Waals surface area contributed by atoms with E-state index in [9.17, 15) is 18.4 Å². The van der Waals surface area contributed by atoms with Crippen molar-refractivity contribution in [3.63, 3.8) is 0 Å². The molecule has 136 valence electrons. The molecule has 0 fully saturated rings. The van der Waals surface area contributed by atoms with Crippen LogP contribution in [0, 0.1) is 11.6 Å². The van der Waals surface area contributed by atoms with Crippen molar-refractivity contribution in [1.29, 1.82) is 0 Å². The van der Waals surface area contributed by atoms with Crippen LogP contribution in [0.1, 0.15) is 22.0 Å². The monoisotopic (exact) mass is 366 g/mol. The van der Waals surface area contributed by atoms with E-state index >= 15 is 0 Å². The van der Waals surface area contributed by atoms with Gasteiger partial charge >= 0.3 is 0 Å². The Bertz CT molecular complexity index is 947. The fraction of sp³-hybridized carbons (Fsp3) is 0.0476. The Morgan fingerprint density at radius 2 is 1.44 bits per heavy atom. The number of para-hydroxylation sites is 1. The van der Waals surface area contributed by atoms with Crippen molar-refractivity contribution in [2.24, 2.45) is 0 Å². The van der Waals surface area contributed by atoms with Gasteiger partial charge in [-0.3, -0.25) is 9.59 Å². The molecule has 2 amide bonds. The van der Waals surface area contributed by atoms with Gasteiger partial charge in [-0.15, -0.1) is 0 Å². The van der Waals surface area contributed by atoms with Crippen LogP contribution in [0.15, 0.2) is 78.9 Å². The summed E-state index contributed by atoms with van der Waals surface area (Å²) < 4.78 is 27.0. The largest absolute Gasteiger partial charge is 0.336 e. The maximum absolute atomic E-state index is 13.9. The van der Waals surface area contributed by atoms with Crippen LogP contribution in [0.2, 0.25) is 0 Å². The van der Waals surface area contributed by atoms with E-state index in [0.717, 1.165) is 12.1 Å². The highest BCUT2D eigenvalue weighted by Crippen LogP contribution is 2.18. The van der Waals surface area contributed by atoms with Crippen LogP contribution in [0.25, 0.3) is 0 Å². The summed E-state index contributed by atoms with van der Waals surface area (Å²) in [4.78, 5) is 25.2. The van der Waals surface area contributed by atoms with Crippen molar-refractivity contribution < 1.29 is 18.4 Å². The van der Waals surface area contributed by atoms with Crippen LogP contribution in [-0.2, 0) is 4.79 Å². The van der Waals surface area contributed by atoms with Gasteiger partial charge in [-0.1, -0.05) is 48.5 Å². The molecule has 1 atom stereocenters. The molecular weight excluding hydrogens is 350 g/mol. The molecule has 2 N–H and O–H groups in total. The molecule has 0 aliphatic heterocycles. The molecule has 0 heterocycles. The lowest BCUT2D eigenvalue weighted by Gasteiger charge is -2.19. The second kappa shape index (κ2) is 8.23. The van der Waals surface area contributed by atoms with E-state index in [1.54, 1.807) is 54.6 Å². The van der Waals surface area contributed by atoms with Gasteiger partial charge in [0.1, 0.15) is 17.7 Å². The van der Waals surface area contributed by atoms with Crippen LogP contribution in [0.3, 0.4) is 0 Å². The normalized spacial score (nSPS) is 11.5. The van der Waals surface area contributed by atoms with E-state index in [1.165, 1.54) is 0 Å². The number of amides is 2. The zero-order chi connectivity index (χ0) is 19.2. The van der Waals surface area contributed by atoms with Crippen molar-refractivity contribution in [3.05, 3.63) is 102 Å². The Labute approximate surface area is 154 Å². The summed E-state index contributed by atoms with van der Waals surface area (Å²) in [5, 5.41) is 5.23. The zero-order valence-electron chi connectivity index (χ0n) is 14.2. The molecule has 0 bridgehead atoms. The number of halogens is 2. The average Bonchev–Trinajstić information content (AvgIpc) is 2.67. The number of benzene rings is 3. The van der Waals surface area contributed by atoms with Gasteiger partial charge in [-0.25, -0.2) is 8.78 Å². The maximum Gasteiger partial charge on any atom is 0.255 e. The number of nitrogens with one attached hydrogen (secondary N) is 2. The smallest absolute Gasteiger partial charge is 0.255 e. The number of hydrogen-bond donors (Lipinski definition) is 2.